The van der Waals surface area contributed by atoms with E-state index in [-0.39, 0.29) is 42.0 Å². The van der Waals surface area contributed by atoms with E-state index in [0.29, 0.717) is 16.7 Å². The Morgan fingerprint density at radius 1 is 1.00 bits per heavy atom. The number of rotatable bonds is 8. The third-order valence-electron chi connectivity index (χ3n) is 5.86. The molecule has 0 atom stereocenters. The summed E-state index contributed by atoms with van der Waals surface area (Å²) >= 11 is 0. The Kier molecular flexibility index (Phi) is 7.99. The molecule has 4 aromatic rings. The first-order chi connectivity index (χ1) is 18.7. The van der Waals surface area contributed by atoms with Gasteiger partial charge in [0.1, 0.15) is 17.9 Å². The van der Waals surface area contributed by atoms with Crippen molar-refractivity contribution in [3.63, 3.8) is 0 Å². The fourth-order valence-corrected chi connectivity index (χ4v) is 3.99. The molecule has 2 N–H and O–H groups in total. The first-order valence-electron chi connectivity index (χ1n) is 11.8. The van der Waals surface area contributed by atoms with Crippen molar-refractivity contribution >= 4 is 29.1 Å². The van der Waals surface area contributed by atoms with Gasteiger partial charge in [0.15, 0.2) is 11.3 Å². The van der Waals surface area contributed by atoms with E-state index in [1.807, 2.05) is 0 Å². The summed E-state index contributed by atoms with van der Waals surface area (Å²) in [6.07, 6.45) is 0.708. The number of aromatic nitrogens is 2. The molecule has 200 valence electrons. The number of fused-ring (bicyclic) bond motifs is 1. The Morgan fingerprint density at radius 2 is 1.74 bits per heavy atom. The summed E-state index contributed by atoms with van der Waals surface area (Å²) in [5, 5.41) is 0. The Hall–Kier alpha value is -5.06. The van der Waals surface area contributed by atoms with Crippen LogP contribution in [0.2, 0.25) is 0 Å². The van der Waals surface area contributed by atoms with Gasteiger partial charge in [0.25, 0.3) is 5.56 Å². The molecule has 11 heteroatoms. The summed E-state index contributed by atoms with van der Waals surface area (Å²) in [5.41, 5.74) is 6.05. The predicted octanol–water partition coefficient (Wildman–Crippen LogP) is 3.65. The maximum absolute atomic E-state index is 13.8. The molecule has 0 spiro atoms. The molecule has 0 unspecified atom stereocenters. The van der Waals surface area contributed by atoms with E-state index in [1.165, 1.54) is 48.1 Å². The maximum Gasteiger partial charge on any atom is 0.404 e. The highest BCUT2D eigenvalue weighted by Crippen LogP contribution is 2.29. The van der Waals surface area contributed by atoms with Crippen molar-refractivity contribution < 1.29 is 33.0 Å². The number of nitrogens with two attached hydrogens (primary N) is 1. The molecule has 39 heavy (non-hydrogen) atoms. The predicted molar refractivity (Wildman–Crippen MR) is 138 cm³/mol. The van der Waals surface area contributed by atoms with Crippen molar-refractivity contribution in [2.45, 2.75) is 20.0 Å². The summed E-state index contributed by atoms with van der Waals surface area (Å²) in [5.74, 6) is -2.57. The van der Waals surface area contributed by atoms with Crippen LogP contribution in [-0.4, -0.2) is 34.2 Å². The van der Waals surface area contributed by atoms with Crippen LogP contribution in [0.3, 0.4) is 0 Å². The van der Waals surface area contributed by atoms with Gasteiger partial charge < -0.3 is 24.5 Å². The summed E-state index contributed by atoms with van der Waals surface area (Å²) in [6, 6.07) is 13.8. The Bertz CT molecular complexity index is 1630. The number of aryl methyl sites for hydroxylation is 1. The topological polar surface area (TPSA) is 140 Å². The molecule has 2 aromatic heterocycles. The van der Waals surface area contributed by atoms with Crippen LogP contribution < -0.4 is 16.0 Å². The fraction of sp³-hybridized carbons (Fsp3) is 0.179. The van der Waals surface area contributed by atoms with Crippen LogP contribution in [0, 0.1) is 5.82 Å². The van der Waals surface area contributed by atoms with Crippen LogP contribution in [0.15, 0.2) is 65.6 Å². The quantitative estimate of drug-likeness (QED) is 0.339. The minimum absolute atomic E-state index is 0.00205. The summed E-state index contributed by atoms with van der Waals surface area (Å²) in [7, 11) is 1.45. The van der Waals surface area contributed by atoms with Gasteiger partial charge in [-0.2, -0.15) is 0 Å². The molecule has 2 aromatic carbocycles. The van der Waals surface area contributed by atoms with Crippen molar-refractivity contribution in [2.75, 3.05) is 6.61 Å². The molecule has 0 saturated carbocycles. The smallest absolute Gasteiger partial charge is 0.404 e. The van der Waals surface area contributed by atoms with E-state index < -0.39 is 35.0 Å². The first kappa shape index (κ1) is 27.0. The number of halogens is 1. The summed E-state index contributed by atoms with van der Waals surface area (Å²) in [4.78, 5) is 54.4. The van der Waals surface area contributed by atoms with Crippen LogP contribution >= 0.6 is 0 Å². The van der Waals surface area contributed by atoms with E-state index in [4.69, 9.17) is 19.9 Å². The second kappa shape index (κ2) is 11.5. The molecule has 2 heterocycles. The van der Waals surface area contributed by atoms with Crippen molar-refractivity contribution in [1.82, 2.24) is 9.55 Å². The summed E-state index contributed by atoms with van der Waals surface area (Å²) < 4.78 is 30.5. The van der Waals surface area contributed by atoms with Crippen molar-refractivity contribution in [1.29, 1.82) is 0 Å². The number of esters is 2. The van der Waals surface area contributed by atoms with Gasteiger partial charge in [-0.1, -0.05) is 24.3 Å². The molecule has 0 saturated heterocycles. The SMILES string of the molecule is CCOC(=O)c1c(OC(=O)c2ccccc2)c2ncc(Cc3ccc(F)cc3COC(N)=O)cc2n(C)c1=O. The zero-order valence-electron chi connectivity index (χ0n) is 21.1. The molecular weight excluding hydrogens is 509 g/mol. The molecule has 0 fully saturated rings. The average molecular weight is 534 g/mol. The monoisotopic (exact) mass is 533 g/mol. The Labute approximate surface area is 221 Å². The fourth-order valence-electron chi connectivity index (χ4n) is 3.99. The van der Waals surface area contributed by atoms with E-state index in [0.717, 1.165) is 0 Å². The van der Waals surface area contributed by atoms with Gasteiger partial charge in [-0.25, -0.2) is 18.8 Å². The van der Waals surface area contributed by atoms with Gasteiger partial charge in [-0.05, 0) is 60.4 Å². The van der Waals surface area contributed by atoms with E-state index in [9.17, 15) is 23.6 Å². The minimum Gasteiger partial charge on any atom is -0.462 e. The number of carbonyl (C=O) groups excluding carboxylic acids is 3. The Morgan fingerprint density at radius 3 is 2.44 bits per heavy atom. The van der Waals surface area contributed by atoms with Crippen LogP contribution in [-0.2, 0) is 29.5 Å². The normalized spacial score (nSPS) is 10.7. The first-order valence-corrected chi connectivity index (χ1v) is 11.8. The molecular formula is C28H24FN3O7. The molecule has 0 aliphatic rings. The Balaban J connectivity index is 1.81. The van der Waals surface area contributed by atoms with Crippen LogP contribution in [0.1, 0.15) is 44.3 Å². The largest absolute Gasteiger partial charge is 0.462 e. The number of hydrogen-bond acceptors (Lipinski definition) is 8. The number of carbonyl (C=O) groups is 3. The molecule has 0 aliphatic carbocycles. The highest BCUT2D eigenvalue weighted by atomic mass is 19.1. The molecule has 0 radical (unpaired) electrons. The highest BCUT2D eigenvalue weighted by Gasteiger charge is 2.27. The number of pyridine rings is 2. The maximum atomic E-state index is 13.8. The molecule has 10 nitrogen and oxygen atoms in total. The lowest BCUT2D eigenvalue weighted by molar-refractivity contribution is 0.0518. The van der Waals surface area contributed by atoms with Gasteiger partial charge in [0.2, 0.25) is 0 Å². The lowest BCUT2D eigenvalue weighted by Crippen LogP contribution is -2.28. The van der Waals surface area contributed by atoms with Crippen LogP contribution in [0.4, 0.5) is 9.18 Å². The van der Waals surface area contributed by atoms with Crippen molar-refractivity contribution in [2.24, 2.45) is 12.8 Å². The van der Waals surface area contributed by atoms with E-state index in [2.05, 4.69) is 4.98 Å². The standard InChI is InChI=1S/C28H24FN3O7/c1-3-37-27(35)22-24(39-26(34)17-7-5-4-6-8-17)23-21(32(2)25(22)33)12-16(14-31-23)11-18-9-10-20(29)13-19(18)15-38-28(30)36/h4-10,12-14H,3,11,15H2,1-2H3,(H2,30,36). The third-order valence-corrected chi connectivity index (χ3v) is 5.86. The number of ether oxygens (including phenoxy) is 3. The lowest BCUT2D eigenvalue weighted by atomic mass is 10.0. The van der Waals surface area contributed by atoms with Crippen molar-refractivity contribution in [3.8, 4) is 5.75 Å². The van der Waals surface area contributed by atoms with Gasteiger partial charge >= 0.3 is 18.0 Å². The lowest BCUT2D eigenvalue weighted by Gasteiger charge is -2.15. The molecule has 0 aliphatic heterocycles. The highest BCUT2D eigenvalue weighted by molar-refractivity contribution is 6.01. The number of hydrogen-bond donors (Lipinski definition) is 1. The van der Waals surface area contributed by atoms with Crippen LogP contribution in [0.5, 0.6) is 5.75 Å². The second-order valence-electron chi connectivity index (χ2n) is 8.45. The molecule has 1 amide bonds. The number of nitrogens with zero attached hydrogens (tertiary/aromatic N) is 2. The average Bonchev–Trinajstić information content (AvgIpc) is 2.92. The van der Waals surface area contributed by atoms with Gasteiger partial charge in [0.05, 0.1) is 17.7 Å². The third kappa shape index (κ3) is 5.93. The number of benzene rings is 2. The zero-order valence-corrected chi connectivity index (χ0v) is 21.1. The second-order valence-corrected chi connectivity index (χ2v) is 8.45. The number of primary amides is 1. The van der Waals surface area contributed by atoms with Crippen LogP contribution in [0.25, 0.3) is 11.0 Å². The minimum atomic E-state index is -0.998. The van der Waals surface area contributed by atoms with E-state index >= 15 is 0 Å². The van der Waals surface area contributed by atoms with Crippen molar-refractivity contribution in [3.05, 3.63) is 105 Å². The molecule has 0 bridgehead atoms. The molecule has 4 rings (SSSR count). The zero-order chi connectivity index (χ0) is 28.1. The summed E-state index contributed by atoms with van der Waals surface area (Å²) in [6.45, 7) is 1.35. The van der Waals surface area contributed by atoms with Gasteiger partial charge in [0, 0.05) is 13.2 Å². The van der Waals surface area contributed by atoms with Gasteiger partial charge in [-0.15, -0.1) is 0 Å². The van der Waals surface area contributed by atoms with E-state index in [1.54, 1.807) is 31.2 Å². The van der Waals surface area contributed by atoms with Gasteiger partial charge in [-0.3, -0.25) is 9.78 Å². The number of amides is 1.